The molecule has 1 aromatic carbocycles. The molecule has 0 saturated heterocycles. The zero-order valence-electron chi connectivity index (χ0n) is 13.9. The molecule has 2 rings (SSSR count). The maximum atomic E-state index is 11.6. The van der Waals surface area contributed by atoms with Crippen LogP contribution in [0.1, 0.15) is 32.8 Å². The standard InChI is InChI=1S/C16H23N5O.ClH/c1-16(2,3)12-7-5-11(6-8-12)14-19-15(21-20-14)18-13(22)9-10-17-4;/h5-8,17H,9-10H2,1-4H3,(H2,18,19,20,21,22);1H. The van der Waals surface area contributed by atoms with Gasteiger partial charge in [0.25, 0.3) is 0 Å². The van der Waals surface area contributed by atoms with E-state index in [2.05, 4.69) is 58.7 Å². The molecule has 0 fully saturated rings. The van der Waals surface area contributed by atoms with Crippen LogP contribution in [-0.2, 0) is 10.2 Å². The van der Waals surface area contributed by atoms with E-state index in [1.54, 1.807) is 7.05 Å². The van der Waals surface area contributed by atoms with Crippen molar-refractivity contribution in [3.8, 4) is 11.4 Å². The summed E-state index contributed by atoms with van der Waals surface area (Å²) in [4.78, 5) is 15.9. The maximum absolute atomic E-state index is 11.6. The molecule has 1 aromatic heterocycles. The molecule has 1 heterocycles. The predicted octanol–water partition coefficient (Wildman–Crippen LogP) is 2.74. The topological polar surface area (TPSA) is 82.7 Å². The van der Waals surface area contributed by atoms with E-state index in [-0.39, 0.29) is 23.7 Å². The monoisotopic (exact) mass is 337 g/mol. The van der Waals surface area contributed by atoms with E-state index < -0.39 is 0 Å². The summed E-state index contributed by atoms with van der Waals surface area (Å²) in [6, 6.07) is 8.19. The van der Waals surface area contributed by atoms with Gasteiger partial charge in [-0.2, -0.15) is 4.98 Å². The SMILES string of the molecule is CNCCC(=O)Nc1n[nH]c(-c2ccc(C(C)(C)C)cc2)n1.Cl. The highest BCUT2D eigenvalue weighted by atomic mass is 35.5. The molecule has 0 saturated carbocycles. The molecule has 1 amide bonds. The summed E-state index contributed by atoms with van der Waals surface area (Å²) in [5.41, 5.74) is 2.32. The third kappa shape index (κ3) is 5.33. The Morgan fingerprint density at radius 3 is 2.43 bits per heavy atom. The number of aromatic amines is 1. The van der Waals surface area contributed by atoms with Crippen LogP contribution in [0.25, 0.3) is 11.4 Å². The molecule has 0 atom stereocenters. The summed E-state index contributed by atoms with van der Waals surface area (Å²) in [6.45, 7) is 7.15. The first-order chi connectivity index (χ1) is 10.4. The quantitative estimate of drug-likeness (QED) is 0.783. The largest absolute Gasteiger partial charge is 0.319 e. The summed E-state index contributed by atoms with van der Waals surface area (Å²) >= 11 is 0. The zero-order valence-corrected chi connectivity index (χ0v) is 14.8. The van der Waals surface area contributed by atoms with Gasteiger partial charge in [-0.1, -0.05) is 45.0 Å². The number of hydrogen-bond acceptors (Lipinski definition) is 4. The Hall–Kier alpha value is -1.92. The summed E-state index contributed by atoms with van der Waals surface area (Å²) in [5.74, 6) is 0.836. The first-order valence-corrected chi connectivity index (χ1v) is 7.38. The van der Waals surface area contributed by atoms with Gasteiger partial charge in [0.15, 0.2) is 5.82 Å². The normalized spacial score (nSPS) is 11.0. The van der Waals surface area contributed by atoms with Crippen molar-refractivity contribution in [1.29, 1.82) is 0 Å². The fraction of sp³-hybridized carbons (Fsp3) is 0.438. The van der Waals surface area contributed by atoms with E-state index in [4.69, 9.17) is 0 Å². The van der Waals surface area contributed by atoms with Crippen molar-refractivity contribution < 1.29 is 4.79 Å². The molecule has 0 bridgehead atoms. The second-order valence-corrected chi connectivity index (χ2v) is 6.24. The second kappa shape index (κ2) is 8.08. The van der Waals surface area contributed by atoms with Gasteiger partial charge in [-0.3, -0.25) is 15.2 Å². The number of carbonyl (C=O) groups excluding carboxylic acids is 1. The lowest BCUT2D eigenvalue weighted by atomic mass is 9.87. The highest BCUT2D eigenvalue weighted by Crippen LogP contribution is 2.24. The van der Waals surface area contributed by atoms with Crippen molar-refractivity contribution in [1.82, 2.24) is 20.5 Å². The summed E-state index contributed by atoms with van der Waals surface area (Å²) in [6.07, 6.45) is 0.390. The average molecular weight is 338 g/mol. The number of amides is 1. The van der Waals surface area contributed by atoms with Gasteiger partial charge in [0.2, 0.25) is 11.9 Å². The van der Waals surface area contributed by atoms with Gasteiger partial charge in [0, 0.05) is 18.5 Å². The Morgan fingerprint density at radius 2 is 1.87 bits per heavy atom. The maximum Gasteiger partial charge on any atom is 0.249 e. The molecule has 126 valence electrons. The minimum absolute atomic E-state index is 0. The summed E-state index contributed by atoms with van der Waals surface area (Å²) in [7, 11) is 1.80. The van der Waals surface area contributed by atoms with Crippen molar-refractivity contribution in [2.45, 2.75) is 32.6 Å². The number of hydrogen-bond donors (Lipinski definition) is 3. The molecule has 23 heavy (non-hydrogen) atoms. The highest BCUT2D eigenvalue weighted by Gasteiger charge is 2.14. The fourth-order valence-electron chi connectivity index (χ4n) is 2.00. The number of nitrogens with zero attached hydrogens (tertiary/aromatic N) is 2. The van der Waals surface area contributed by atoms with Gasteiger partial charge in [-0.25, -0.2) is 0 Å². The summed E-state index contributed by atoms with van der Waals surface area (Å²) < 4.78 is 0. The molecule has 0 spiro atoms. The molecular formula is C16H24ClN5O. The van der Waals surface area contributed by atoms with Crippen LogP contribution in [0.2, 0.25) is 0 Å². The molecule has 7 heteroatoms. The van der Waals surface area contributed by atoms with Crippen LogP contribution in [0, 0.1) is 0 Å². The molecule has 0 radical (unpaired) electrons. The van der Waals surface area contributed by atoms with Crippen LogP contribution in [-0.4, -0.2) is 34.7 Å². The Bertz CT molecular complexity index is 631. The number of rotatable bonds is 5. The van der Waals surface area contributed by atoms with Gasteiger partial charge in [-0.15, -0.1) is 17.5 Å². The van der Waals surface area contributed by atoms with Gasteiger partial charge in [0.1, 0.15) is 0 Å². The molecule has 0 aliphatic rings. The third-order valence-electron chi connectivity index (χ3n) is 3.36. The Kier molecular flexibility index (Phi) is 6.72. The number of H-pyrrole nitrogens is 1. The lowest BCUT2D eigenvalue weighted by Gasteiger charge is -2.18. The molecule has 0 aliphatic carbocycles. The van der Waals surface area contributed by atoms with Crippen LogP contribution >= 0.6 is 12.4 Å². The number of aromatic nitrogens is 3. The van der Waals surface area contributed by atoms with E-state index >= 15 is 0 Å². The molecule has 2 aromatic rings. The van der Waals surface area contributed by atoms with Crippen LogP contribution in [0.5, 0.6) is 0 Å². The third-order valence-corrected chi connectivity index (χ3v) is 3.36. The number of halogens is 1. The molecule has 6 nitrogen and oxygen atoms in total. The van der Waals surface area contributed by atoms with Gasteiger partial charge in [-0.05, 0) is 18.0 Å². The van der Waals surface area contributed by atoms with Crippen molar-refractivity contribution in [3.05, 3.63) is 29.8 Å². The molecular weight excluding hydrogens is 314 g/mol. The van der Waals surface area contributed by atoms with Gasteiger partial charge in [0.05, 0.1) is 0 Å². The number of nitrogens with one attached hydrogen (secondary N) is 3. The van der Waals surface area contributed by atoms with E-state index in [1.807, 2.05) is 12.1 Å². The molecule has 3 N–H and O–H groups in total. The minimum Gasteiger partial charge on any atom is -0.319 e. The van der Waals surface area contributed by atoms with E-state index in [1.165, 1.54) is 5.56 Å². The highest BCUT2D eigenvalue weighted by molar-refractivity contribution is 5.89. The van der Waals surface area contributed by atoms with Crippen LogP contribution < -0.4 is 10.6 Å². The first kappa shape index (κ1) is 19.1. The van der Waals surface area contributed by atoms with Gasteiger partial charge >= 0.3 is 0 Å². The van der Waals surface area contributed by atoms with Gasteiger partial charge < -0.3 is 5.32 Å². The predicted molar refractivity (Wildman–Crippen MR) is 94.9 cm³/mol. The van der Waals surface area contributed by atoms with Crippen molar-refractivity contribution in [3.63, 3.8) is 0 Å². The smallest absolute Gasteiger partial charge is 0.249 e. The Balaban J connectivity index is 0.00000264. The number of carbonyl (C=O) groups is 1. The minimum atomic E-state index is -0.108. The Labute approximate surface area is 142 Å². The average Bonchev–Trinajstić information content (AvgIpc) is 2.93. The van der Waals surface area contributed by atoms with Crippen molar-refractivity contribution in [2.24, 2.45) is 0 Å². The second-order valence-electron chi connectivity index (χ2n) is 6.24. The van der Waals surface area contributed by atoms with Crippen molar-refractivity contribution in [2.75, 3.05) is 18.9 Å². The first-order valence-electron chi connectivity index (χ1n) is 7.38. The summed E-state index contributed by atoms with van der Waals surface area (Å²) in [5, 5.41) is 12.5. The van der Waals surface area contributed by atoms with Crippen LogP contribution in [0.15, 0.2) is 24.3 Å². The van der Waals surface area contributed by atoms with E-state index in [0.717, 1.165) is 5.56 Å². The zero-order chi connectivity index (χ0) is 16.2. The lowest BCUT2D eigenvalue weighted by Crippen LogP contribution is -2.19. The lowest BCUT2D eigenvalue weighted by molar-refractivity contribution is -0.116. The van der Waals surface area contributed by atoms with Crippen LogP contribution in [0.4, 0.5) is 5.95 Å². The van der Waals surface area contributed by atoms with E-state index in [0.29, 0.717) is 24.7 Å². The number of anilines is 1. The van der Waals surface area contributed by atoms with Crippen molar-refractivity contribution >= 4 is 24.3 Å². The van der Waals surface area contributed by atoms with Crippen LogP contribution in [0.3, 0.4) is 0 Å². The Morgan fingerprint density at radius 1 is 1.22 bits per heavy atom. The number of benzene rings is 1. The van der Waals surface area contributed by atoms with E-state index in [9.17, 15) is 4.79 Å². The fourth-order valence-corrected chi connectivity index (χ4v) is 2.00. The molecule has 0 unspecified atom stereocenters. The molecule has 0 aliphatic heterocycles.